The number of hydrogen-bond acceptors (Lipinski definition) is 5. The van der Waals surface area contributed by atoms with Crippen molar-refractivity contribution >= 4 is 17.6 Å². The van der Waals surface area contributed by atoms with Crippen LogP contribution in [0.5, 0.6) is 5.75 Å². The maximum absolute atomic E-state index is 11.1. The van der Waals surface area contributed by atoms with Gasteiger partial charge in [0.1, 0.15) is 11.3 Å². The molecule has 1 heterocycles. The summed E-state index contributed by atoms with van der Waals surface area (Å²) in [5.74, 6) is 0.0410. The molecule has 1 aromatic heterocycles. The van der Waals surface area contributed by atoms with Gasteiger partial charge < -0.3 is 14.4 Å². The Hall–Kier alpha value is -2.08. The molecule has 21 heavy (non-hydrogen) atoms. The smallest absolute Gasteiger partial charge is 0.339 e. The molecule has 1 N–H and O–H groups in total. The Kier molecular flexibility index (Phi) is 5.16. The number of unbranched alkanes of at least 4 members (excludes halogenated alkanes) is 1. The Morgan fingerprint density at radius 3 is 3.00 bits per heavy atom. The van der Waals surface area contributed by atoms with E-state index in [9.17, 15) is 4.79 Å². The van der Waals surface area contributed by atoms with E-state index < -0.39 is 5.97 Å². The van der Waals surface area contributed by atoms with Crippen molar-refractivity contribution in [1.82, 2.24) is 10.1 Å². The Morgan fingerprint density at radius 2 is 2.29 bits per heavy atom. The third-order valence-corrected chi connectivity index (χ3v) is 3.02. The van der Waals surface area contributed by atoms with E-state index in [0.717, 1.165) is 19.3 Å². The zero-order valence-corrected chi connectivity index (χ0v) is 12.3. The molecule has 0 saturated carbocycles. The van der Waals surface area contributed by atoms with Gasteiger partial charge in [0.2, 0.25) is 0 Å². The fourth-order valence-electron chi connectivity index (χ4n) is 1.72. The second-order valence-electron chi connectivity index (χ2n) is 4.44. The number of aromatic nitrogens is 2. The molecular weight excluding hydrogens is 296 g/mol. The van der Waals surface area contributed by atoms with Gasteiger partial charge in [-0.25, -0.2) is 4.79 Å². The van der Waals surface area contributed by atoms with Crippen LogP contribution in [-0.2, 0) is 13.0 Å². The number of rotatable bonds is 7. The van der Waals surface area contributed by atoms with Crippen LogP contribution < -0.4 is 4.74 Å². The average molecular weight is 311 g/mol. The molecule has 0 amide bonds. The highest BCUT2D eigenvalue weighted by atomic mass is 35.5. The average Bonchev–Trinajstić information content (AvgIpc) is 2.91. The first-order valence-electron chi connectivity index (χ1n) is 6.57. The summed E-state index contributed by atoms with van der Waals surface area (Å²) < 4.78 is 10.5. The lowest BCUT2D eigenvalue weighted by Crippen LogP contribution is -2.03. The maximum atomic E-state index is 11.1. The van der Waals surface area contributed by atoms with E-state index in [1.54, 1.807) is 6.07 Å². The van der Waals surface area contributed by atoms with Crippen LogP contribution in [0.25, 0.3) is 0 Å². The van der Waals surface area contributed by atoms with Gasteiger partial charge in [-0.2, -0.15) is 4.98 Å². The van der Waals surface area contributed by atoms with Crippen LogP contribution in [0.4, 0.5) is 0 Å². The third kappa shape index (κ3) is 4.19. The van der Waals surface area contributed by atoms with E-state index in [4.69, 9.17) is 26.0 Å². The van der Waals surface area contributed by atoms with Gasteiger partial charge in [-0.3, -0.25) is 0 Å². The molecule has 2 aromatic rings. The van der Waals surface area contributed by atoms with Crippen molar-refractivity contribution in [2.24, 2.45) is 0 Å². The lowest BCUT2D eigenvalue weighted by Gasteiger charge is -2.07. The topological polar surface area (TPSA) is 85.5 Å². The summed E-state index contributed by atoms with van der Waals surface area (Å²) in [7, 11) is 0. The zero-order valence-electron chi connectivity index (χ0n) is 11.5. The predicted octanol–water partition coefficient (Wildman–Crippen LogP) is 3.34. The first-order chi connectivity index (χ1) is 10.1. The first-order valence-corrected chi connectivity index (χ1v) is 6.95. The molecule has 2 rings (SSSR count). The zero-order chi connectivity index (χ0) is 15.2. The molecule has 0 saturated heterocycles. The lowest BCUT2D eigenvalue weighted by atomic mass is 10.2. The minimum absolute atomic E-state index is 0.00628. The lowest BCUT2D eigenvalue weighted by molar-refractivity contribution is 0.0691. The molecule has 0 unspecified atom stereocenters. The quantitative estimate of drug-likeness (QED) is 0.844. The molecule has 0 aliphatic carbocycles. The molecule has 0 aliphatic rings. The molecule has 1 aromatic carbocycles. The van der Waals surface area contributed by atoms with Gasteiger partial charge in [0.15, 0.2) is 12.4 Å². The molecule has 0 atom stereocenters. The molecule has 0 fully saturated rings. The van der Waals surface area contributed by atoms with Gasteiger partial charge in [0.25, 0.3) is 5.89 Å². The molecule has 0 aliphatic heterocycles. The van der Waals surface area contributed by atoms with Crippen molar-refractivity contribution in [2.75, 3.05) is 0 Å². The summed E-state index contributed by atoms with van der Waals surface area (Å²) in [6, 6.07) is 4.39. The van der Waals surface area contributed by atoms with Gasteiger partial charge in [0, 0.05) is 11.4 Å². The molecule has 0 bridgehead atoms. The Bertz CT molecular complexity index is 627. The number of carboxylic acids is 1. The minimum atomic E-state index is -1.11. The fourth-order valence-corrected chi connectivity index (χ4v) is 1.89. The monoisotopic (exact) mass is 310 g/mol. The van der Waals surface area contributed by atoms with Crippen LogP contribution in [0, 0.1) is 0 Å². The van der Waals surface area contributed by atoms with Gasteiger partial charge in [0.05, 0.1) is 0 Å². The van der Waals surface area contributed by atoms with Gasteiger partial charge in [-0.1, -0.05) is 30.1 Å². The van der Waals surface area contributed by atoms with Crippen molar-refractivity contribution in [3.05, 3.63) is 40.5 Å². The van der Waals surface area contributed by atoms with E-state index in [-0.39, 0.29) is 17.9 Å². The van der Waals surface area contributed by atoms with Crippen molar-refractivity contribution in [1.29, 1.82) is 0 Å². The number of aromatic carboxylic acids is 1. The number of benzene rings is 1. The van der Waals surface area contributed by atoms with E-state index in [0.29, 0.717) is 16.7 Å². The molecular formula is C14H15ClN2O4. The molecule has 0 radical (unpaired) electrons. The number of nitrogens with zero attached hydrogens (tertiary/aromatic N) is 2. The van der Waals surface area contributed by atoms with E-state index >= 15 is 0 Å². The van der Waals surface area contributed by atoms with Gasteiger partial charge in [-0.15, -0.1) is 0 Å². The fraction of sp³-hybridized carbons (Fsp3) is 0.357. The summed E-state index contributed by atoms with van der Waals surface area (Å²) in [5, 5.41) is 13.3. The van der Waals surface area contributed by atoms with Crippen LogP contribution in [0.2, 0.25) is 5.02 Å². The Morgan fingerprint density at radius 1 is 1.48 bits per heavy atom. The van der Waals surface area contributed by atoms with Crippen molar-refractivity contribution in [3.8, 4) is 5.75 Å². The van der Waals surface area contributed by atoms with E-state index in [1.165, 1.54) is 12.1 Å². The minimum Gasteiger partial charge on any atom is -0.483 e. The molecule has 112 valence electrons. The third-order valence-electron chi connectivity index (χ3n) is 2.79. The maximum Gasteiger partial charge on any atom is 0.339 e. The molecule has 6 nitrogen and oxygen atoms in total. The predicted molar refractivity (Wildman–Crippen MR) is 75.7 cm³/mol. The number of ether oxygens (including phenoxy) is 1. The summed E-state index contributed by atoms with van der Waals surface area (Å²) in [6.45, 7) is 2.10. The summed E-state index contributed by atoms with van der Waals surface area (Å²) in [5.41, 5.74) is -0.00628. The normalized spacial score (nSPS) is 10.6. The van der Waals surface area contributed by atoms with Crippen molar-refractivity contribution < 1.29 is 19.2 Å². The van der Waals surface area contributed by atoms with Crippen LogP contribution in [0.3, 0.4) is 0 Å². The second kappa shape index (κ2) is 7.08. The Labute approximate surface area is 126 Å². The highest BCUT2D eigenvalue weighted by Crippen LogP contribution is 2.23. The van der Waals surface area contributed by atoms with E-state index in [2.05, 4.69) is 17.1 Å². The van der Waals surface area contributed by atoms with E-state index in [1.807, 2.05) is 0 Å². The van der Waals surface area contributed by atoms with Crippen LogP contribution in [0.1, 0.15) is 41.8 Å². The van der Waals surface area contributed by atoms with Gasteiger partial charge in [-0.05, 0) is 24.6 Å². The largest absolute Gasteiger partial charge is 0.483 e. The highest BCUT2D eigenvalue weighted by molar-refractivity contribution is 6.31. The standard InChI is InChI=1S/C14H15ClN2O4/c1-2-3-4-12-16-13(21-17-12)8-20-11-6-5-9(15)7-10(11)14(18)19/h5-7H,2-4,8H2,1H3,(H,18,19). The Balaban J connectivity index is 2.03. The van der Waals surface area contributed by atoms with Crippen molar-refractivity contribution in [2.45, 2.75) is 32.8 Å². The number of carboxylic acid groups (broad SMARTS) is 1. The first kappa shape index (κ1) is 15.3. The highest BCUT2D eigenvalue weighted by Gasteiger charge is 2.14. The second-order valence-corrected chi connectivity index (χ2v) is 4.88. The number of halogens is 1. The SMILES string of the molecule is CCCCc1noc(COc2ccc(Cl)cc2C(=O)O)n1. The van der Waals surface area contributed by atoms with Crippen molar-refractivity contribution in [3.63, 3.8) is 0 Å². The number of aryl methyl sites for hydroxylation is 1. The number of carbonyl (C=O) groups is 1. The number of hydrogen-bond donors (Lipinski definition) is 1. The van der Waals surface area contributed by atoms with Crippen LogP contribution in [0.15, 0.2) is 22.7 Å². The summed E-state index contributed by atoms with van der Waals surface area (Å²) in [6.07, 6.45) is 2.79. The summed E-state index contributed by atoms with van der Waals surface area (Å²) in [4.78, 5) is 15.3. The van der Waals surface area contributed by atoms with Gasteiger partial charge >= 0.3 is 5.97 Å². The van der Waals surface area contributed by atoms with Crippen LogP contribution in [-0.4, -0.2) is 21.2 Å². The van der Waals surface area contributed by atoms with Crippen LogP contribution >= 0.6 is 11.6 Å². The molecule has 0 spiro atoms. The molecule has 7 heteroatoms. The summed E-state index contributed by atoms with van der Waals surface area (Å²) >= 11 is 5.77.